The van der Waals surface area contributed by atoms with E-state index in [9.17, 15) is 9.59 Å². The highest BCUT2D eigenvalue weighted by Crippen LogP contribution is 2.21. The van der Waals surface area contributed by atoms with Crippen LogP contribution >= 0.6 is 0 Å². The summed E-state index contributed by atoms with van der Waals surface area (Å²) >= 11 is 0. The molecule has 0 aliphatic heterocycles. The third kappa shape index (κ3) is 27.9. The lowest BCUT2D eigenvalue weighted by Crippen LogP contribution is -2.39. The Hall–Kier alpha value is -1.22. The van der Waals surface area contributed by atoms with Gasteiger partial charge in [0.2, 0.25) is 0 Å². The Kier molecular flexibility index (Phi) is 30.2. The van der Waals surface area contributed by atoms with Crippen molar-refractivity contribution in [1.82, 2.24) is 0 Å². The van der Waals surface area contributed by atoms with Crippen molar-refractivity contribution in [1.29, 1.82) is 0 Å². The summed E-state index contributed by atoms with van der Waals surface area (Å²) in [5, 5.41) is 0. The molecule has 274 valence electrons. The summed E-state index contributed by atoms with van der Waals surface area (Å²) in [6.45, 7) is 14.1. The van der Waals surface area contributed by atoms with E-state index in [-0.39, 0.29) is 12.8 Å². The molecule has 0 saturated carbocycles. The Labute approximate surface area is 283 Å². The van der Waals surface area contributed by atoms with E-state index < -0.39 is 23.9 Å². The molecule has 0 saturated heterocycles. The summed E-state index contributed by atoms with van der Waals surface area (Å²) in [6, 6.07) is 0. The van der Waals surface area contributed by atoms with Crippen molar-refractivity contribution in [2.75, 3.05) is 26.4 Å². The van der Waals surface area contributed by atoms with Crippen molar-refractivity contribution >= 4 is 11.9 Å². The van der Waals surface area contributed by atoms with Crippen molar-refractivity contribution in [3.8, 4) is 0 Å². The summed E-state index contributed by atoms with van der Waals surface area (Å²) < 4.78 is 35.2. The van der Waals surface area contributed by atoms with Crippen LogP contribution < -0.4 is 0 Å². The fourth-order valence-corrected chi connectivity index (χ4v) is 5.11. The monoisotopic (exact) mass is 659 g/mol. The lowest BCUT2D eigenvalue weighted by atomic mass is 10.2. The van der Waals surface area contributed by atoms with Gasteiger partial charge in [-0.1, -0.05) is 130 Å². The zero-order valence-corrected chi connectivity index (χ0v) is 31.1. The van der Waals surface area contributed by atoms with Crippen LogP contribution in [0.25, 0.3) is 0 Å². The molecule has 0 aliphatic carbocycles. The molecule has 0 spiro atoms. The van der Waals surface area contributed by atoms with Crippen LogP contribution in [0.5, 0.6) is 0 Å². The highest BCUT2D eigenvalue weighted by molar-refractivity contribution is 5.71. The zero-order valence-electron chi connectivity index (χ0n) is 31.1. The zero-order chi connectivity index (χ0) is 34.2. The maximum Gasteiger partial charge on any atom is 0.326 e. The minimum atomic E-state index is -1.39. The van der Waals surface area contributed by atoms with Gasteiger partial charge >= 0.3 is 23.9 Å². The van der Waals surface area contributed by atoms with E-state index in [1.165, 1.54) is 77.0 Å². The van der Waals surface area contributed by atoms with Gasteiger partial charge in [0.25, 0.3) is 0 Å². The van der Waals surface area contributed by atoms with Crippen LogP contribution in [0.3, 0.4) is 0 Å². The lowest BCUT2D eigenvalue weighted by molar-refractivity contribution is -0.354. The van der Waals surface area contributed by atoms with Gasteiger partial charge in [-0.2, -0.15) is 0 Å². The molecule has 0 atom stereocenters. The Morgan fingerprint density at radius 1 is 0.370 bits per heavy atom. The first kappa shape index (κ1) is 44.8. The van der Waals surface area contributed by atoms with E-state index in [0.717, 1.165) is 51.4 Å². The second-order valence-corrected chi connectivity index (χ2v) is 12.9. The van der Waals surface area contributed by atoms with Gasteiger partial charge < -0.3 is 28.4 Å². The third-order valence-corrected chi connectivity index (χ3v) is 8.06. The molecule has 0 heterocycles. The highest BCUT2D eigenvalue weighted by atomic mass is 16.9. The lowest BCUT2D eigenvalue weighted by Gasteiger charge is -2.29. The third-order valence-electron chi connectivity index (χ3n) is 8.06. The van der Waals surface area contributed by atoms with E-state index in [2.05, 4.69) is 27.7 Å². The predicted octanol–water partition coefficient (Wildman–Crippen LogP) is 10.9. The van der Waals surface area contributed by atoms with Crippen molar-refractivity contribution < 1.29 is 38.0 Å². The van der Waals surface area contributed by atoms with Crippen molar-refractivity contribution in [2.45, 2.75) is 208 Å². The average molecular weight is 659 g/mol. The molecular formula is C38H74O8. The summed E-state index contributed by atoms with van der Waals surface area (Å²) in [5.74, 6) is -3.57. The number of carbonyl (C=O) groups is 2. The van der Waals surface area contributed by atoms with E-state index in [1.807, 2.05) is 0 Å². The Morgan fingerprint density at radius 2 is 0.609 bits per heavy atom. The van der Waals surface area contributed by atoms with Crippen molar-refractivity contribution in [2.24, 2.45) is 0 Å². The van der Waals surface area contributed by atoms with Gasteiger partial charge in [0.05, 0.1) is 26.4 Å². The van der Waals surface area contributed by atoms with Gasteiger partial charge in [0.15, 0.2) is 0 Å². The van der Waals surface area contributed by atoms with Crippen molar-refractivity contribution in [3.63, 3.8) is 0 Å². The molecule has 46 heavy (non-hydrogen) atoms. The van der Waals surface area contributed by atoms with Gasteiger partial charge in [-0.3, -0.25) is 9.59 Å². The smallest absolute Gasteiger partial charge is 0.326 e. The van der Waals surface area contributed by atoms with Crippen LogP contribution in [0.2, 0.25) is 0 Å². The molecule has 0 rings (SSSR count). The molecule has 0 N–H and O–H groups in total. The number of ether oxygens (including phenoxy) is 6. The molecule has 0 fully saturated rings. The second-order valence-electron chi connectivity index (χ2n) is 12.9. The molecule has 0 radical (unpaired) electrons. The molecule has 0 unspecified atom stereocenters. The normalized spacial score (nSPS) is 12.0. The van der Waals surface area contributed by atoms with Crippen molar-refractivity contribution in [3.05, 3.63) is 0 Å². The van der Waals surface area contributed by atoms with E-state index in [0.29, 0.717) is 39.3 Å². The van der Waals surface area contributed by atoms with Crippen LogP contribution in [0.1, 0.15) is 196 Å². The fraction of sp³-hybridized carbons (Fsp3) is 0.947. The van der Waals surface area contributed by atoms with Crippen LogP contribution in [0.4, 0.5) is 0 Å². The van der Waals surface area contributed by atoms with Gasteiger partial charge in [0, 0.05) is 26.7 Å². The minimum Gasteiger partial charge on any atom is -0.408 e. The Balaban J connectivity index is 4.72. The average Bonchev–Trinajstić information content (AvgIpc) is 3.02. The predicted molar refractivity (Wildman–Crippen MR) is 186 cm³/mol. The standard InChI is InChI=1S/C38H74O8/c1-7-11-15-19-25-31-41-37(5,42-32-26-20-16-12-8-2)45-35(39)29-23-24-30-36(40)46-38(6,43-33-27-21-17-13-9-3)44-34-28-22-18-14-10-4/h7-34H2,1-6H3. The van der Waals surface area contributed by atoms with Gasteiger partial charge in [-0.15, -0.1) is 0 Å². The van der Waals surface area contributed by atoms with Gasteiger partial charge in [-0.05, 0) is 38.5 Å². The molecule has 0 aromatic rings. The Morgan fingerprint density at radius 3 is 0.848 bits per heavy atom. The number of carbonyl (C=O) groups excluding carboxylic acids is 2. The molecular weight excluding hydrogens is 584 g/mol. The van der Waals surface area contributed by atoms with Gasteiger partial charge in [-0.25, -0.2) is 0 Å². The van der Waals surface area contributed by atoms with Gasteiger partial charge in [0.1, 0.15) is 0 Å². The van der Waals surface area contributed by atoms with Crippen LogP contribution in [0, 0.1) is 0 Å². The summed E-state index contributed by atoms with van der Waals surface area (Å²) in [6.07, 6.45) is 23.6. The molecule has 0 bridgehead atoms. The topological polar surface area (TPSA) is 89.5 Å². The number of unbranched alkanes of at least 4 members (excludes halogenated alkanes) is 17. The molecule has 8 heteroatoms. The first-order chi connectivity index (χ1) is 22.2. The largest absolute Gasteiger partial charge is 0.408 e. The number of rotatable bonds is 35. The molecule has 0 aliphatic rings. The maximum atomic E-state index is 12.8. The van der Waals surface area contributed by atoms with Crippen LogP contribution in [-0.2, 0) is 38.0 Å². The number of hydrogen-bond donors (Lipinski definition) is 0. The molecule has 0 aromatic heterocycles. The molecule has 0 amide bonds. The number of hydrogen-bond acceptors (Lipinski definition) is 8. The fourth-order valence-electron chi connectivity index (χ4n) is 5.11. The number of esters is 2. The maximum absolute atomic E-state index is 12.8. The second kappa shape index (κ2) is 31.1. The van der Waals surface area contributed by atoms with E-state index in [4.69, 9.17) is 28.4 Å². The van der Waals surface area contributed by atoms with Crippen LogP contribution in [0.15, 0.2) is 0 Å². The first-order valence-corrected chi connectivity index (χ1v) is 19.2. The van der Waals surface area contributed by atoms with E-state index in [1.54, 1.807) is 13.8 Å². The summed E-state index contributed by atoms with van der Waals surface area (Å²) in [4.78, 5) is 25.5. The summed E-state index contributed by atoms with van der Waals surface area (Å²) in [5.41, 5.74) is 0. The van der Waals surface area contributed by atoms with E-state index >= 15 is 0 Å². The molecule has 0 aromatic carbocycles. The molecule has 8 nitrogen and oxygen atoms in total. The highest BCUT2D eigenvalue weighted by Gasteiger charge is 2.32. The minimum absolute atomic E-state index is 0.169. The van der Waals surface area contributed by atoms with Crippen LogP contribution in [-0.4, -0.2) is 50.3 Å². The SMILES string of the molecule is CCCCCCCOC(C)(OCCCCCCC)OC(=O)CCCCC(=O)OC(C)(OCCCCCCC)OCCCCCCC. The summed E-state index contributed by atoms with van der Waals surface area (Å²) in [7, 11) is 0. The first-order valence-electron chi connectivity index (χ1n) is 19.2. The quantitative estimate of drug-likeness (QED) is 0.0377. The Bertz CT molecular complexity index is 608.